The minimum Gasteiger partial charge on any atom is -0.496 e. The molecule has 0 radical (unpaired) electrons. The van der Waals surface area contributed by atoms with Gasteiger partial charge in [0.05, 0.1) is 37.6 Å². The number of rotatable bonds is 8. The molecule has 0 saturated carbocycles. The fourth-order valence-electron chi connectivity index (χ4n) is 5.16. The molecule has 1 aromatic rings. The van der Waals surface area contributed by atoms with Gasteiger partial charge in [0.1, 0.15) is 11.5 Å². The molecule has 0 amide bonds. The summed E-state index contributed by atoms with van der Waals surface area (Å²) in [7, 11) is 3.95. The molecule has 3 fully saturated rings. The molecule has 0 atom stereocenters. The first kappa shape index (κ1) is 33.5. The number of aliphatic hydroxyl groups excluding tert-OH is 1. The van der Waals surface area contributed by atoms with E-state index in [1.807, 2.05) is 12.1 Å². The normalized spacial score (nSPS) is 22.4. The van der Waals surface area contributed by atoms with Crippen molar-refractivity contribution in [1.29, 1.82) is 0 Å². The van der Waals surface area contributed by atoms with Crippen molar-refractivity contribution < 1.29 is 54.9 Å². The Morgan fingerprint density at radius 2 is 1.32 bits per heavy atom. The second kappa shape index (κ2) is 14.8. The van der Waals surface area contributed by atoms with Crippen molar-refractivity contribution in [3.63, 3.8) is 0 Å². The largest absolute Gasteiger partial charge is 0.496 e. The van der Waals surface area contributed by atoms with E-state index in [0.717, 1.165) is 81.4 Å². The average molecular weight is 706 g/mol. The molecule has 0 unspecified atom stereocenters. The van der Waals surface area contributed by atoms with Crippen LogP contribution in [0.15, 0.2) is 12.1 Å². The van der Waals surface area contributed by atoms with Crippen LogP contribution < -0.4 is 14.9 Å². The predicted octanol–water partition coefficient (Wildman–Crippen LogP) is 2.49. The Morgan fingerprint density at radius 1 is 0.868 bits per heavy atom. The summed E-state index contributed by atoms with van der Waals surface area (Å²) >= 11 is 0. The van der Waals surface area contributed by atoms with E-state index < -0.39 is 18.3 Å². The van der Waals surface area contributed by atoms with Gasteiger partial charge in [0, 0.05) is 66.5 Å². The van der Waals surface area contributed by atoms with E-state index in [4.69, 9.17) is 28.6 Å². The Kier molecular flexibility index (Phi) is 13.0. The Morgan fingerprint density at radius 3 is 1.76 bits per heavy atom. The number of methoxy groups -OCH3 is 2. The molecule has 216 valence electrons. The molecule has 38 heavy (non-hydrogen) atoms. The maximum absolute atomic E-state index is 9.55. The minimum atomic E-state index is -0.458. The number of hydrogen-bond donors (Lipinski definition) is 2. The number of nitrogens with zero attached hydrogens (tertiary/aromatic N) is 2. The number of likely N-dealkylation sites (tertiary alicyclic amines) is 1. The summed E-state index contributed by atoms with van der Waals surface area (Å²) in [6.07, 6.45) is 5.38. The first-order chi connectivity index (χ1) is 17.6. The van der Waals surface area contributed by atoms with Gasteiger partial charge in [-0.05, 0) is 77.4 Å². The number of hydrogen-bond acceptors (Lipinski definition) is 9. The van der Waals surface area contributed by atoms with E-state index in [2.05, 4.69) is 32.6 Å². The quantitative estimate of drug-likeness (QED) is 0.396. The third-order valence-corrected chi connectivity index (χ3v) is 8.17. The van der Waals surface area contributed by atoms with Crippen LogP contribution in [0.1, 0.15) is 58.9 Å². The number of aliphatic hydroxyl groups is 1. The smallest absolute Gasteiger partial charge is 0.495 e. The number of hydroxylamine groups is 2. The van der Waals surface area contributed by atoms with Crippen molar-refractivity contribution in [1.82, 2.24) is 9.96 Å². The Hall–Kier alpha value is -0.707. The number of benzene rings is 1. The number of piperidine rings is 2. The van der Waals surface area contributed by atoms with Crippen molar-refractivity contribution in [2.45, 2.75) is 83.2 Å². The van der Waals surface area contributed by atoms with Crippen LogP contribution in [0.3, 0.4) is 0 Å². The molecule has 4 rings (SSSR count). The van der Waals surface area contributed by atoms with Crippen LogP contribution in [0.2, 0.25) is 0 Å². The average Bonchev–Trinajstić information content (AvgIpc) is 3.12. The van der Waals surface area contributed by atoms with E-state index in [1.54, 1.807) is 14.2 Å². The molecule has 11 heteroatoms. The zero-order valence-corrected chi connectivity index (χ0v) is 27.1. The molecule has 0 bridgehead atoms. The molecule has 9 nitrogen and oxygen atoms in total. The molecule has 1 aromatic carbocycles. The molecule has 3 saturated heterocycles. The van der Waals surface area contributed by atoms with Gasteiger partial charge in [-0.2, -0.15) is 5.06 Å². The summed E-state index contributed by atoms with van der Waals surface area (Å²) in [5.74, 6) is 1.62. The Bertz CT molecular complexity index is 819. The predicted molar refractivity (Wildman–Crippen MR) is 144 cm³/mol. The first-order valence-corrected chi connectivity index (χ1v) is 13.5. The monoisotopic (exact) mass is 706 g/mol. The third kappa shape index (κ3) is 8.17. The van der Waals surface area contributed by atoms with Crippen molar-refractivity contribution in [2.24, 2.45) is 0 Å². The maximum atomic E-state index is 9.55. The molecule has 3 aliphatic heterocycles. The van der Waals surface area contributed by atoms with Gasteiger partial charge < -0.3 is 38.7 Å². The van der Waals surface area contributed by atoms with Gasteiger partial charge in [-0.15, -0.1) is 0 Å². The van der Waals surface area contributed by atoms with E-state index in [0.29, 0.717) is 19.2 Å². The zero-order chi connectivity index (χ0) is 27.2. The van der Waals surface area contributed by atoms with Crippen molar-refractivity contribution in [3.05, 3.63) is 17.7 Å². The number of ether oxygens (including phenoxy) is 3. The minimum absolute atomic E-state index is 0. The molecule has 0 spiro atoms. The summed E-state index contributed by atoms with van der Waals surface area (Å²) in [5, 5.41) is 17.9. The van der Waals surface area contributed by atoms with Gasteiger partial charge in [-0.3, -0.25) is 0 Å². The van der Waals surface area contributed by atoms with Gasteiger partial charge in [0.15, 0.2) is 0 Å². The zero-order valence-electron chi connectivity index (χ0n) is 24.2. The van der Waals surface area contributed by atoms with Gasteiger partial charge >= 0.3 is 7.12 Å². The molecule has 2 N–H and O–H groups in total. The van der Waals surface area contributed by atoms with Crippen LogP contribution in [-0.2, 0) is 41.5 Å². The van der Waals surface area contributed by atoms with Crippen molar-refractivity contribution in [2.75, 3.05) is 54.1 Å². The SMILES string of the molecule is CO.COc1cc(B2OC(C)(C)C(C)(C)O2)cc(OC)c1CCN1CCC(OC2CCN(O)CC2)CC1.[W]. The molecule has 3 aliphatic rings. The van der Waals surface area contributed by atoms with Crippen LogP contribution in [0.25, 0.3) is 0 Å². The molecule has 0 aromatic heterocycles. The first-order valence-electron chi connectivity index (χ1n) is 13.5. The van der Waals surface area contributed by atoms with Crippen LogP contribution >= 0.6 is 0 Å². The van der Waals surface area contributed by atoms with Gasteiger partial charge in [0.2, 0.25) is 0 Å². The summed E-state index contributed by atoms with van der Waals surface area (Å²) in [5.41, 5.74) is 1.18. The van der Waals surface area contributed by atoms with E-state index in [-0.39, 0.29) is 27.2 Å². The van der Waals surface area contributed by atoms with Crippen LogP contribution in [-0.4, -0.2) is 105 Å². The van der Waals surface area contributed by atoms with Crippen molar-refractivity contribution in [3.8, 4) is 11.5 Å². The summed E-state index contributed by atoms with van der Waals surface area (Å²) in [4.78, 5) is 2.50. The van der Waals surface area contributed by atoms with Crippen LogP contribution in [0, 0.1) is 0 Å². The Balaban J connectivity index is 0.00000165. The molecule has 3 heterocycles. The fourth-order valence-corrected chi connectivity index (χ4v) is 5.16. The van der Waals surface area contributed by atoms with Gasteiger partial charge in [-0.1, -0.05) is 0 Å². The molecular formula is C27H47BN2O7W. The third-order valence-electron chi connectivity index (χ3n) is 8.17. The van der Waals surface area contributed by atoms with Crippen LogP contribution in [0.4, 0.5) is 0 Å². The Labute approximate surface area is 243 Å². The fraction of sp³-hybridized carbons (Fsp3) is 0.778. The van der Waals surface area contributed by atoms with E-state index in [9.17, 15) is 5.21 Å². The van der Waals surface area contributed by atoms with Crippen LogP contribution in [0.5, 0.6) is 11.5 Å². The molecular weight excluding hydrogens is 659 g/mol. The van der Waals surface area contributed by atoms with Crippen molar-refractivity contribution >= 4 is 12.6 Å². The second-order valence-corrected chi connectivity index (χ2v) is 11.1. The maximum Gasteiger partial charge on any atom is 0.495 e. The molecule has 0 aliphatic carbocycles. The summed E-state index contributed by atoms with van der Waals surface area (Å²) in [6.45, 7) is 12.6. The summed E-state index contributed by atoms with van der Waals surface area (Å²) in [6, 6.07) is 4.05. The van der Waals surface area contributed by atoms with E-state index in [1.165, 1.54) is 5.06 Å². The van der Waals surface area contributed by atoms with Gasteiger partial charge in [-0.25, -0.2) is 0 Å². The topological polar surface area (TPSA) is 93.1 Å². The van der Waals surface area contributed by atoms with E-state index >= 15 is 0 Å². The second-order valence-electron chi connectivity index (χ2n) is 11.1. The summed E-state index contributed by atoms with van der Waals surface area (Å²) < 4.78 is 30.4. The standard InChI is InChI=1S/C26H43BN2O6.CH4O.W/c1-25(2)26(3,4)35-27(34-25)19-17-23(31-5)22(24(18-19)32-6)11-14-28-12-7-20(8-13-28)33-21-9-15-29(30)16-10-21;1-2;/h17-18,20-21,30H,7-16H2,1-6H3;2H,1H3;. The van der Waals surface area contributed by atoms with Gasteiger partial charge in [0.25, 0.3) is 0 Å².